The number of carbonyl (C=O) groups is 2. The van der Waals surface area contributed by atoms with Gasteiger partial charge in [-0.05, 0) is 25.1 Å². The van der Waals surface area contributed by atoms with Gasteiger partial charge in [-0.1, -0.05) is 44.2 Å². The number of amides is 2. The molecular weight excluding hydrogens is 380 g/mol. The van der Waals surface area contributed by atoms with Crippen LogP contribution in [0.3, 0.4) is 0 Å². The van der Waals surface area contributed by atoms with Gasteiger partial charge in [-0.3, -0.25) is 9.59 Å². The fraction of sp³-hybridized carbons (Fsp3) is 0.158. The van der Waals surface area contributed by atoms with Gasteiger partial charge in [-0.15, -0.1) is 5.10 Å². The third kappa shape index (κ3) is 5.31. The van der Waals surface area contributed by atoms with Gasteiger partial charge in [-0.25, -0.2) is 9.67 Å². The number of nitrogens with zero attached hydrogens (tertiary/aromatic N) is 3. The Morgan fingerprint density at radius 2 is 2.04 bits per heavy atom. The molecule has 5 N–H and O–H groups in total. The molecule has 0 fully saturated rings. The van der Waals surface area contributed by atoms with Gasteiger partial charge in [0.25, 0.3) is 11.8 Å². The maximum absolute atomic E-state index is 12.7. The van der Waals surface area contributed by atoms with Gasteiger partial charge < -0.3 is 16.8 Å². The number of carbonyl (C=O) groups excluding carboxylic acids is 2. The third-order valence-corrected chi connectivity index (χ3v) is 3.54. The van der Waals surface area contributed by atoms with E-state index in [2.05, 4.69) is 22.0 Å². The summed E-state index contributed by atoms with van der Waals surface area (Å²) < 4.78 is 1.22. The molecule has 0 saturated carbocycles. The zero-order chi connectivity index (χ0) is 21.3. The molecule has 2 heterocycles. The van der Waals surface area contributed by atoms with Gasteiger partial charge >= 0.3 is 0 Å². The first-order chi connectivity index (χ1) is 13.4. The number of nitrogens with one attached hydrogen (secondary N) is 1. The zero-order valence-corrected chi connectivity index (χ0v) is 16.7. The number of nitrogens with two attached hydrogens (primary N) is 2. The first-order valence-electron chi connectivity index (χ1n) is 8.46. The normalized spacial score (nSPS) is 11.3. The van der Waals surface area contributed by atoms with Gasteiger partial charge in [-0.2, -0.15) is 0 Å². The molecule has 2 rings (SSSR count). The molecule has 2 aromatic rings. The number of pyridine rings is 1. The van der Waals surface area contributed by atoms with Crippen LogP contribution in [0.2, 0.25) is 5.02 Å². The highest BCUT2D eigenvalue weighted by molar-refractivity contribution is 6.32. The molecule has 0 atom stereocenters. The minimum Gasteiger partial charge on any atom is -0.382 e. The Hall–Kier alpha value is -3.39. The van der Waals surface area contributed by atoms with Crippen molar-refractivity contribution in [3.05, 3.63) is 71.2 Å². The lowest BCUT2D eigenvalue weighted by Gasteiger charge is -2.11. The van der Waals surface area contributed by atoms with Crippen LogP contribution in [0.15, 0.2) is 60.5 Å². The molecule has 28 heavy (non-hydrogen) atoms. The summed E-state index contributed by atoms with van der Waals surface area (Å²) in [6, 6.07) is 4.62. The lowest BCUT2D eigenvalue weighted by atomic mass is 10.1. The summed E-state index contributed by atoms with van der Waals surface area (Å²) in [5.74, 6) is -0.961. The average Bonchev–Trinajstić information content (AvgIpc) is 3.06. The molecule has 8 nitrogen and oxygen atoms in total. The minimum absolute atomic E-state index is 0.0614. The highest BCUT2D eigenvalue weighted by Crippen LogP contribution is 2.20. The highest BCUT2D eigenvalue weighted by Gasteiger charge is 2.20. The fourth-order valence-corrected chi connectivity index (χ4v) is 2.35. The van der Waals surface area contributed by atoms with Crippen LogP contribution in [0.5, 0.6) is 0 Å². The van der Waals surface area contributed by atoms with Gasteiger partial charge in [0.2, 0.25) is 0 Å². The maximum Gasteiger partial charge on any atom is 0.274 e. The summed E-state index contributed by atoms with van der Waals surface area (Å²) in [4.78, 5) is 28.4. The van der Waals surface area contributed by atoms with Crippen molar-refractivity contribution < 1.29 is 9.59 Å². The Bertz CT molecular complexity index is 930. The number of nitrogen functional groups attached to an aromatic ring is 1. The second-order valence-corrected chi connectivity index (χ2v) is 5.43. The van der Waals surface area contributed by atoms with E-state index < -0.39 is 11.8 Å². The predicted molar refractivity (Wildman–Crippen MR) is 111 cm³/mol. The lowest BCUT2D eigenvalue weighted by molar-refractivity contribution is -0.114. The summed E-state index contributed by atoms with van der Waals surface area (Å²) in [5, 5.41) is 6.95. The molecule has 0 radical (unpaired) electrons. The van der Waals surface area contributed by atoms with Crippen molar-refractivity contribution in [2.45, 2.75) is 20.8 Å². The van der Waals surface area contributed by atoms with Crippen LogP contribution in [0.25, 0.3) is 5.82 Å². The molecule has 0 saturated heterocycles. The summed E-state index contributed by atoms with van der Waals surface area (Å²) in [7, 11) is 0. The Balaban J connectivity index is 0.00000190. The Kier molecular flexibility index (Phi) is 8.64. The smallest absolute Gasteiger partial charge is 0.274 e. The van der Waals surface area contributed by atoms with Crippen molar-refractivity contribution in [1.29, 1.82) is 0 Å². The summed E-state index contributed by atoms with van der Waals surface area (Å²) in [6.07, 6.45) is 5.94. The van der Waals surface area contributed by atoms with E-state index in [0.717, 1.165) is 0 Å². The van der Waals surface area contributed by atoms with E-state index in [9.17, 15) is 9.59 Å². The Labute approximate surface area is 168 Å². The first-order valence-corrected chi connectivity index (χ1v) is 8.83. The molecule has 2 amide bonds. The van der Waals surface area contributed by atoms with Crippen LogP contribution >= 0.6 is 11.6 Å². The summed E-state index contributed by atoms with van der Waals surface area (Å²) in [5.41, 5.74) is 11.4. The first kappa shape index (κ1) is 22.7. The SMILES string of the molecule is C=C/C(C(N)=O)=C(\C=C/C)NC(=O)c1cc(N)nn1-c1ncccc1Cl.CC. The quantitative estimate of drug-likeness (QED) is 0.505. The molecule has 0 aromatic carbocycles. The van der Waals surface area contributed by atoms with E-state index in [1.54, 1.807) is 25.1 Å². The van der Waals surface area contributed by atoms with Crippen molar-refractivity contribution in [3.8, 4) is 5.82 Å². The Morgan fingerprint density at radius 3 is 2.57 bits per heavy atom. The number of halogens is 1. The molecule has 148 valence electrons. The molecule has 2 aromatic heterocycles. The standard InChI is InChI=1S/C17H17ClN6O2.C2H6/c1-3-6-12(10(4-2)15(20)25)22-17(26)13-9-14(19)23-24(13)16-11(18)7-5-8-21-16;1-2/h3-9H,2H2,1H3,(H2,19,23)(H2,20,25)(H,22,26);1-2H3/b6-3-,12-10-;. The third-order valence-electron chi connectivity index (χ3n) is 3.24. The van der Waals surface area contributed by atoms with Crippen LogP contribution in [0.1, 0.15) is 31.3 Å². The molecule has 0 aliphatic rings. The molecule has 0 bridgehead atoms. The number of primary amides is 1. The fourth-order valence-electron chi connectivity index (χ4n) is 2.15. The molecular formula is C19H23ClN6O2. The molecule has 0 aliphatic carbocycles. The van der Waals surface area contributed by atoms with Gasteiger partial charge in [0.15, 0.2) is 5.82 Å². The second-order valence-electron chi connectivity index (χ2n) is 5.02. The van der Waals surface area contributed by atoms with E-state index >= 15 is 0 Å². The second kappa shape index (κ2) is 10.7. The number of hydrogen-bond acceptors (Lipinski definition) is 5. The van der Waals surface area contributed by atoms with E-state index in [1.165, 1.54) is 29.1 Å². The van der Waals surface area contributed by atoms with Crippen molar-refractivity contribution in [3.63, 3.8) is 0 Å². The molecule has 0 unspecified atom stereocenters. The molecule has 0 aliphatic heterocycles. The van der Waals surface area contributed by atoms with E-state index in [1.807, 2.05) is 13.8 Å². The van der Waals surface area contributed by atoms with Crippen molar-refractivity contribution in [2.75, 3.05) is 5.73 Å². The Morgan fingerprint density at radius 1 is 1.36 bits per heavy atom. The summed E-state index contributed by atoms with van der Waals surface area (Å²) in [6.45, 7) is 9.26. The topological polar surface area (TPSA) is 129 Å². The van der Waals surface area contributed by atoms with Crippen molar-refractivity contribution >= 4 is 29.2 Å². The van der Waals surface area contributed by atoms with Gasteiger partial charge in [0, 0.05) is 12.3 Å². The molecule has 9 heteroatoms. The minimum atomic E-state index is -0.728. The van der Waals surface area contributed by atoms with E-state index in [4.69, 9.17) is 23.1 Å². The largest absolute Gasteiger partial charge is 0.382 e. The predicted octanol–water partition coefficient (Wildman–Crippen LogP) is 2.76. The van der Waals surface area contributed by atoms with Crippen LogP contribution in [0, 0.1) is 0 Å². The number of hydrogen-bond donors (Lipinski definition) is 3. The van der Waals surface area contributed by atoms with Crippen molar-refractivity contribution in [1.82, 2.24) is 20.1 Å². The highest BCUT2D eigenvalue weighted by atomic mass is 35.5. The van der Waals surface area contributed by atoms with E-state index in [0.29, 0.717) is 0 Å². The summed E-state index contributed by atoms with van der Waals surface area (Å²) >= 11 is 6.12. The van der Waals surface area contributed by atoms with Crippen LogP contribution in [-0.2, 0) is 4.79 Å². The maximum atomic E-state index is 12.7. The zero-order valence-electron chi connectivity index (χ0n) is 15.9. The van der Waals surface area contributed by atoms with E-state index in [-0.39, 0.29) is 33.6 Å². The van der Waals surface area contributed by atoms with Crippen LogP contribution in [-0.4, -0.2) is 26.6 Å². The number of rotatable bonds is 6. The van der Waals surface area contributed by atoms with Gasteiger partial charge in [0.05, 0.1) is 16.3 Å². The number of aromatic nitrogens is 3. The number of anilines is 1. The molecule has 0 spiro atoms. The average molecular weight is 403 g/mol. The monoisotopic (exact) mass is 402 g/mol. The van der Waals surface area contributed by atoms with Crippen LogP contribution in [0.4, 0.5) is 5.82 Å². The lowest BCUT2D eigenvalue weighted by Crippen LogP contribution is -2.28. The van der Waals surface area contributed by atoms with Gasteiger partial charge in [0.1, 0.15) is 11.5 Å². The number of allylic oxidation sites excluding steroid dienone is 2. The van der Waals surface area contributed by atoms with Crippen molar-refractivity contribution in [2.24, 2.45) is 5.73 Å². The van der Waals surface area contributed by atoms with Crippen LogP contribution < -0.4 is 16.8 Å².